The summed E-state index contributed by atoms with van der Waals surface area (Å²) in [5.74, 6) is 0.258. The van der Waals surface area contributed by atoms with E-state index in [0.29, 0.717) is 0 Å². The van der Waals surface area contributed by atoms with E-state index in [9.17, 15) is 9.67 Å². The maximum absolute atomic E-state index is 12.6. The first-order valence-electron chi connectivity index (χ1n) is 8.88. The van der Waals surface area contributed by atoms with Crippen molar-refractivity contribution >= 4 is 13.5 Å². The number of hydrogen-bond donors (Lipinski definition) is 2. The van der Waals surface area contributed by atoms with Crippen LogP contribution in [0.3, 0.4) is 0 Å². The molecule has 148 valence electrons. The quantitative estimate of drug-likeness (QED) is 0.562. The Morgan fingerprint density at radius 2 is 1.78 bits per heavy atom. The summed E-state index contributed by atoms with van der Waals surface area (Å²) in [6, 6.07) is 7.09. The summed E-state index contributed by atoms with van der Waals surface area (Å²) in [6.45, 7) is 7.61. The highest BCUT2D eigenvalue weighted by Gasteiger charge is 2.28. The number of aromatic hydroxyl groups is 1. The molecule has 0 aliphatic heterocycles. The number of nitrogens with one attached hydrogen (secondary N) is 1. The van der Waals surface area contributed by atoms with Crippen molar-refractivity contribution < 1.29 is 23.2 Å². The predicted molar refractivity (Wildman–Crippen MR) is 105 cm³/mol. The zero-order chi connectivity index (χ0) is 19.9. The third-order valence-corrected chi connectivity index (χ3v) is 5.51. The van der Waals surface area contributed by atoms with Crippen LogP contribution in [0.15, 0.2) is 36.7 Å². The molecule has 0 fully saturated rings. The van der Waals surface area contributed by atoms with Crippen LogP contribution in [0.4, 0.5) is 5.69 Å². The lowest BCUT2D eigenvalue weighted by atomic mass is 10.0. The molecule has 27 heavy (non-hydrogen) atoms. The van der Waals surface area contributed by atoms with E-state index in [4.69, 9.17) is 13.6 Å². The van der Waals surface area contributed by atoms with Gasteiger partial charge < -0.3 is 10.4 Å². The standard InChI is InChI=1S/C19H27N2O5P/c1-5-24-27(23,25-6-2)26-13-18(21-17-8-7-9-20-12-17)16-10-14(3)19(22)15(4)11-16/h7-12,18,21-22H,5-6,13H2,1-4H3. The molecule has 8 heteroatoms. The fourth-order valence-electron chi connectivity index (χ4n) is 2.65. The van der Waals surface area contributed by atoms with Crippen molar-refractivity contribution in [1.82, 2.24) is 4.98 Å². The third kappa shape index (κ3) is 6.04. The van der Waals surface area contributed by atoms with Crippen molar-refractivity contribution in [3.8, 4) is 5.75 Å². The summed E-state index contributed by atoms with van der Waals surface area (Å²) >= 11 is 0. The average molecular weight is 394 g/mol. The number of phosphoric acid groups is 1. The molecule has 0 amide bonds. The van der Waals surface area contributed by atoms with Crippen LogP contribution < -0.4 is 5.32 Å². The van der Waals surface area contributed by atoms with Crippen LogP contribution >= 0.6 is 7.82 Å². The number of phenols is 1. The van der Waals surface area contributed by atoms with Crippen LogP contribution in [-0.4, -0.2) is 29.9 Å². The van der Waals surface area contributed by atoms with E-state index in [1.165, 1.54) is 0 Å². The zero-order valence-corrected chi connectivity index (χ0v) is 17.0. The van der Waals surface area contributed by atoms with Gasteiger partial charge in [0.2, 0.25) is 0 Å². The third-order valence-electron chi connectivity index (χ3n) is 3.89. The van der Waals surface area contributed by atoms with Gasteiger partial charge in [0.15, 0.2) is 0 Å². The van der Waals surface area contributed by atoms with Crippen LogP contribution in [-0.2, 0) is 18.1 Å². The van der Waals surface area contributed by atoms with Crippen molar-refractivity contribution in [3.63, 3.8) is 0 Å². The normalized spacial score (nSPS) is 12.7. The summed E-state index contributed by atoms with van der Waals surface area (Å²) < 4.78 is 28.6. The number of benzene rings is 1. The molecule has 2 rings (SSSR count). The highest BCUT2D eigenvalue weighted by atomic mass is 31.2. The Hall–Kier alpha value is -1.92. The molecule has 0 spiro atoms. The van der Waals surface area contributed by atoms with E-state index in [2.05, 4.69) is 10.3 Å². The zero-order valence-electron chi connectivity index (χ0n) is 16.1. The molecule has 0 aliphatic rings. The molecule has 1 heterocycles. The number of rotatable bonds is 10. The average Bonchev–Trinajstić information content (AvgIpc) is 2.64. The van der Waals surface area contributed by atoms with Gasteiger partial charge in [-0.05, 0) is 56.5 Å². The molecule has 7 nitrogen and oxygen atoms in total. The van der Waals surface area contributed by atoms with E-state index in [1.807, 2.05) is 38.1 Å². The molecule has 2 N–H and O–H groups in total. The number of phenolic OH excluding ortho intramolecular Hbond substituents is 1. The SMILES string of the molecule is CCOP(=O)(OCC)OCC(Nc1cccnc1)c1cc(C)c(O)c(C)c1. The molecule has 1 aromatic heterocycles. The topological polar surface area (TPSA) is 89.9 Å². The first kappa shape index (κ1) is 21.4. The van der Waals surface area contributed by atoms with Gasteiger partial charge in [0.25, 0.3) is 0 Å². The number of pyridine rings is 1. The molecule has 2 aromatic rings. The molecule has 0 aliphatic carbocycles. The lowest BCUT2D eigenvalue weighted by Crippen LogP contribution is -2.18. The lowest BCUT2D eigenvalue weighted by molar-refractivity contribution is 0.118. The molecular weight excluding hydrogens is 367 g/mol. The fraction of sp³-hybridized carbons (Fsp3) is 0.421. The maximum atomic E-state index is 12.6. The minimum absolute atomic E-state index is 0.0514. The van der Waals surface area contributed by atoms with Crippen LogP contribution in [0, 0.1) is 13.8 Å². The van der Waals surface area contributed by atoms with Crippen molar-refractivity contribution in [2.24, 2.45) is 0 Å². The monoisotopic (exact) mass is 394 g/mol. The number of anilines is 1. The van der Waals surface area contributed by atoms with Gasteiger partial charge in [0.1, 0.15) is 5.75 Å². The molecule has 0 saturated heterocycles. The number of nitrogens with zero attached hydrogens (tertiary/aromatic N) is 1. The van der Waals surface area contributed by atoms with Crippen molar-refractivity contribution in [2.45, 2.75) is 33.7 Å². The van der Waals surface area contributed by atoms with Gasteiger partial charge in [-0.25, -0.2) is 4.57 Å². The first-order chi connectivity index (χ1) is 12.9. The largest absolute Gasteiger partial charge is 0.507 e. The summed E-state index contributed by atoms with van der Waals surface area (Å²) in [4.78, 5) is 4.10. The minimum Gasteiger partial charge on any atom is -0.507 e. The van der Waals surface area contributed by atoms with Gasteiger partial charge in [-0.15, -0.1) is 0 Å². The van der Waals surface area contributed by atoms with Gasteiger partial charge >= 0.3 is 7.82 Å². The van der Waals surface area contributed by atoms with Crippen LogP contribution in [0.5, 0.6) is 5.75 Å². The van der Waals surface area contributed by atoms with Gasteiger partial charge in [-0.2, -0.15) is 0 Å². The number of aromatic nitrogens is 1. The highest BCUT2D eigenvalue weighted by molar-refractivity contribution is 7.48. The van der Waals surface area contributed by atoms with Crippen LogP contribution in [0.2, 0.25) is 0 Å². The highest BCUT2D eigenvalue weighted by Crippen LogP contribution is 2.50. The van der Waals surface area contributed by atoms with E-state index < -0.39 is 7.82 Å². The molecule has 0 saturated carbocycles. The maximum Gasteiger partial charge on any atom is 0.474 e. The van der Waals surface area contributed by atoms with E-state index in [0.717, 1.165) is 22.4 Å². The van der Waals surface area contributed by atoms with Crippen molar-refractivity contribution in [2.75, 3.05) is 25.1 Å². The fourth-order valence-corrected chi connectivity index (χ4v) is 3.84. The number of hydrogen-bond acceptors (Lipinski definition) is 7. The Morgan fingerprint density at radius 1 is 1.15 bits per heavy atom. The Labute approximate surface area is 160 Å². The summed E-state index contributed by atoms with van der Waals surface area (Å²) in [5, 5.41) is 13.4. The van der Waals surface area contributed by atoms with Gasteiger partial charge in [-0.1, -0.05) is 12.1 Å². The molecule has 1 unspecified atom stereocenters. The minimum atomic E-state index is -3.64. The summed E-state index contributed by atoms with van der Waals surface area (Å²) in [6.07, 6.45) is 3.38. The Balaban J connectivity index is 2.28. The second-order valence-corrected chi connectivity index (χ2v) is 7.69. The Morgan fingerprint density at radius 3 is 2.30 bits per heavy atom. The second-order valence-electron chi connectivity index (χ2n) is 6.02. The summed E-state index contributed by atoms with van der Waals surface area (Å²) in [7, 11) is -3.64. The van der Waals surface area contributed by atoms with Crippen molar-refractivity contribution in [3.05, 3.63) is 53.3 Å². The molecule has 1 atom stereocenters. The van der Waals surface area contributed by atoms with Gasteiger partial charge in [-0.3, -0.25) is 18.6 Å². The Bertz CT molecular complexity index is 752. The first-order valence-corrected chi connectivity index (χ1v) is 10.3. The van der Waals surface area contributed by atoms with E-state index in [-0.39, 0.29) is 31.6 Å². The summed E-state index contributed by atoms with van der Waals surface area (Å²) in [5.41, 5.74) is 3.17. The number of phosphoric ester groups is 1. The Kier molecular flexibility index (Phi) is 7.80. The lowest BCUT2D eigenvalue weighted by Gasteiger charge is -2.24. The number of aryl methyl sites for hydroxylation is 2. The molecule has 0 radical (unpaired) electrons. The van der Waals surface area contributed by atoms with Crippen LogP contribution in [0.25, 0.3) is 0 Å². The second kappa shape index (κ2) is 9.85. The van der Waals surface area contributed by atoms with E-state index in [1.54, 1.807) is 26.2 Å². The van der Waals surface area contributed by atoms with Crippen LogP contribution in [0.1, 0.15) is 36.6 Å². The van der Waals surface area contributed by atoms with Crippen molar-refractivity contribution in [1.29, 1.82) is 0 Å². The smallest absolute Gasteiger partial charge is 0.474 e. The van der Waals surface area contributed by atoms with Gasteiger partial charge in [0.05, 0.1) is 31.5 Å². The van der Waals surface area contributed by atoms with Gasteiger partial charge in [0, 0.05) is 12.4 Å². The molecule has 0 bridgehead atoms. The predicted octanol–water partition coefficient (Wildman–Crippen LogP) is 4.75. The molecular formula is C19H27N2O5P. The van der Waals surface area contributed by atoms with E-state index >= 15 is 0 Å². The molecule has 1 aromatic carbocycles.